The summed E-state index contributed by atoms with van der Waals surface area (Å²) in [6.07, 6.45) is -1.11. The predicted octanol–water partition coefficient (Wildman–Crippen LogP) is 6.99. The first-order valence-electron chi connectivity index (χ1n) is 12.8. The van der Waals surface area contributed by atoms with Crippen molar-refractivity contribution in [3.63, 3.8) is 0 Å². The Hall–Kier alpha value is -3.28. The predicted molar refractivity (Wildman–Crippen MR) is 151 cm³/mol. The number of aromatic amines is 1. The first kappa shape index (κ1) is 27.3. The molecular weight excluding hydrogens is 612 g/mol. The summed E-state index contributed by atoms with van der Waals surface area (Å²) < 4.78 is 42.7. The zero-order chi connectivity index (χ0) is 27.9. The quantitative estimate of drug-likeness (QED) is 0.198. The molecule has 5 rings (SSSR count). The van der Waals surface area contributed by atoms with Crippen LogP contribution in [0.5, 0.6) is 0 Å². The van der Waals surface area contributed by atoms with E-state index in [1.807, 2.05) is 25.1 Å². The Morgan fingerprint density at radius 1 is 1.21 bits per heavy atom. The fourth-order valence-electron chi connectivity index (χ4n) is 5.12. The standard InChI is InChI=1S/C26H24F3N6O.2CH3.Sn/c1-15-6-5-7-18-19(13-30-23(15)18)24-20(26(27,28)29)14-31-25(34-24)33-17-8-9-22(35-10-3-4-11-35)21(12-17)32-16(2)36;;;/h3,5-9,12-14,30H,4,10-11H2,1-2H3,(H,32,36)(H,31,33,34);2*1H3;. The van der Waals surface area contributed by atoms with E-state index in [0.717, 1.165) is 46.4 Å². The molecule has 203 valence electrons. The van der Waals surface area contributed by atoms with Gasteiger partial charge in [0.05, 0.1) is 0 Å². The zero-order valence-electron chi connectivity index (χ0n) is 22.2. The molecule has 0 aliphatic carbocycles. The van der Waals surface area contributed by atoms with Crippen molar-refractivity contribution in [2.24, 2.45) is 0 Å². The molecule has 4 aromatic rings. The van der Waals surface area contributed by atoms with E-state index >= 15 is 0 Å². The van der Waals surface area contributed by atoms with Gasteiger partial charge >= 0.3 is 167 Å². The number of alkyl halides is 3. The Balaban J connectivity index is 1.51. The SMILES string of the molecule is CC(=O)Nc1cc(Nc2ncc(C(F)(F)F)c(-c3c[nH]c4c(C)cccc34)n2)ccc1N1CC[CH]([Sn]([CH3])[CH3])C1. The third-order valence-electron chi connectivity index (χ3n) is 7.18. The first-order chi connectivity index (χ1) is 18.5. The molecule has 2 aromatic heterocycles. The van der Waals surface area contributed by atoms with Gasteiger partial charge < -0.3 is 4.98 Å². The number of rotatable bonds is 6. The van der Waals surface area contributed by atoms with Gasteiger partial charge in [0, 0.05) is 17.1 Å². The normalized spacial score (nSPS) is 15.8. The van der Waals surface area contributed by atoms with Gasteiger partial charge in [-0.15, -0.1) is 0 Å². The molecule has 1 saturated heterocycles. The number of benzene rings is 2. The van der Waals surface area contributed by atoms with Gasteiger partial charge in [-0.25, -0.2) is 0 Å². The van der Waals surface area contributed by atoms with E-state index in [9.17, 15) is 18.0 Å². The van der Waals surface area contributed by atoms with Gasteiger partial charge in [0.25, 0.3) is 0 Å². The summed E-state index contributed by atoms with van der Waals surface area (Å²) in [5, 5.41) is 6.60. The number of carbonyl (C=O) groups is 1. The van der Waals surface area contributed by atoms with E-state index in [1.54, 1.807) is 24.4 Å². The van der Waals surface area contributed by atoms with E-state index < -0.39 is 31.5 Å². The van der Waals surface area contributed by atoms with Crippen LogP contribution in [0.3, 0.4) is 0 Å². The van der Waals surface area contributed by atoms with Gasteiger partial charge in [0.2, 0.25) is 0 Å². The monoisotopic (exact) mass is 643 g/mol. The number of fused-ring (bicyclic) bond motifs is 1. The van der Waals surface area contributed by atoms with Crippen molar-refractivity contribution in [3.8, 4) is 11.3 Å². The maximum absolute atomic E-state index is 14.0. The molecule has 1 aliphatic rings. The van der Waals surface area contributed by atoms with Crippen molar-refractivity contribution in [2.45, 2.75) is 40.3 Å². The number of para-hydroxylation sites is 1. The van der Waals surface area contributed by atoms with Crippen LogP contribution in [0.2, 0.25) is 13.8 Å². The van der Waals surface area contributed by atoms with Crippen LogP contribution in [0.1, 0.15) is 24.5 Å². The second-order valence-electron chi connectivity index (χ2n) is 10.2. The first-order valence-corrected chi connectivity index (χ1v) is 20.1. The topological polar surface area (TPSA) is 85.9 Å². The molecule has 1 unspecified atom stereocenters. The maximum atomic E-state index is 14.0. The van der Waals surface area contributed by atoms with E-state index in [2.05, 4.69) is 40.4 Å². The van der Waals surface area contributed by atoms with Crippen LogP contribution in [0.25, 0.3) is 22.2 Å². The number of anilines is 4. The molecule has 0 saturated carbocycles. The fraction of sp³-hybridized carbons (Fsp3) is 0.321. The van der Waals surface area contributed by atoms with E-state index in [1.165, 1.54) is 6.92 Å². The number of hydrogen-bond acceptors (Lipinski definition) is 5. The minimum atomic E-state index is -4.63. The second kappa shape index (κ2) is 10.7. The summed E-state index contributed by atoms with van der Waals surface area (Å²) in [4.78, 5) is 30.5. The van der Waals surface area contributed by atoms with Gasteiger partial charge in [-0.3, -0.25) is 0 Å². The molecule has 39 heavy (non-hydrogen) atoms. The minimum absolute atomic E-state index is 0.0241. The Morgan fingerprint density at radius 2 is 2.00 bits per heavy atom. The van der Waals surface area contributed by atoms with Crippen molar-refractivity contribution >= 4 is 59.6 Å². The number of aryl methyl sites for hydroxylation is 1. The summed E-state index contributed by atoms with van der Waals surface area (Å²) in [5.74, 6) is -0.176. The van der Waals surface area contributed by atoms with Crippen molar-refractivity contribution in [1.82, 2.24) is 15.0 Å². The van der Waals surface area contributed by atoms with Crippen LogP contribution < -0.4 is 15.5 Å². The second-order valence-corrected chi connectivity index (χ2v) is 18.7. The number of aromatic nitrogens is 3. The van der Waals surface area contributed by atoms with E-state index in [-0.39, 0.29) is 17.5 Å². The Morgan fingerprint density at radius 3 is 2.69 bits per heavy atom. The van der Waals surface area contributed by atoms with Crippen LogP contribution in [-0.4, -0.2) is 53.7 Å². The number of hydrogen-bond donors (Lipinski definition) is 3. The molecule has 1 fully saturated rings. The number of amides is 1. The van der Waals surface area contributed by atoms with Gasteiger partial charge in [0.1, 0.15) is 0 Å². The molecular formula is C28H30F3N6OSn. The third kappa shape index (κ3) is 5.70. The van der Waals surface area contributed by atoms with Gasteiger partial charge in [0.15, 0.2) is 0 Å². The van der Waals surface area contributed by atoms with E-state index in [0.29, 0.717) is 22.3 Å². The molecule has 0 spiro atoms. The average Bonchev–Trinajstić information content (AvgIpc) is 3.52. The Labute approximate surface area is 232 Å². The summed E-state index contributed by atoms with van der Waals surface area (Å²) >= 11 is -1.35. The average molecular weight is 642 g/mol. The third-order valence-corrected chi connectivity index (χ3v) is 13.2. The van der Waals surface area contributed by atoms with Crippen LogP contribution in [0.4, 0.5) is 36.2 Å². The van der Waals surface area contributed by atoms with Gasteiger partial charge in [-0.05, 0) is 12.5 Å². The Kier molecular flexibility index (Phi) is 7.49. The number of H-pyrrole nitrogens is 1. The fourth-order valence-corrected chi connectivity index (χ4v) is 8.80. The molecule has 7 nitrogen and oxygen atoms in total. The van der Waals surface area contributed by atoms with Gasteiger partial charge in [-0.2, -0.15) is 13.2 Å². The number of nitrogens with one attached hydrogen (secondary N) is 3. The summed E-state index contributed by atoms with van der Waals surface area (Å²) in [5.41, 5.74) is 3.04. The Bertz CT molecular complexity index is 1530. The van der Waals surface area contributed by atoms with Crippen LogP contribution in [0, 0.1) is 6.92 Å². The zero-order valence-corrected chi connectivity index (χ0v) is 25.1. The van der Waals surface area contributed by atoms with Crippen LogP contribution >= 0.6 is 0 Å². The summed E-state index contributed by atoms with van der Waals surface area (Å²) in [7, 11) is 0. The van der Waals surface area contributed by atoms with E-state index in [4.69, 9.17) is 0 Å². The molecule has 0 bridgehead atoms. The summed E-state index contributed by atoms with van der Waals surface area (Å²) in [6, 6.07) is 11.0. The molecule has 1 atom stereocenters. The summed E-state index contributed by atoms with van der Waals surface area (Å²) in [6.45, 7) is 5.26. The molecule has 1 radical (unpaired) electrons. The van der Waals surface area contributed by atoms with Crippen molar-refractivity contribution in [2.75, 3.05) is 28.6 Å². The van der Waals surface area contributed by atoms with Crippen molar-refractivity contribution < 1.29 is 18.0 Å². The number of carbonyl (C=O) groups excluding carboxylic acids is 1. The number of nitrogens with zero attached hydrogens (tertiary/aromatic N) is 3. The van der Waals surface area contributed by atoms with Crippen molar-refractivity contribution in [1.29, 1.82) is 0 Å². The molecule has 1 aliphatic heterocycles. The van der Waals surface area contributed by atoms with Gasteiger partial charge in [-0.1, -0.05) is 18.2 Å². The van der Waals surface area contributed by atoms with Crippen molar-refractivity contribution in [3.05, 3.63) is 59.9 Å². The molecule has 3 N–H and O–H groups in total. The number of halogens is 3. The molecule has 2 aromatic carbocycles. The molecule has 11 heteroatoms. The molecule has 3 heterocycles. The molecule has 1 amide bonds. The van der Waals surface area contributed by atoms with Crippen LogP contribution in [0.15, 0.2) is 48.8 Å². The van der Waals surface area contributed by atoms with Crippen LogP contribution in [-0.2, 0) is 11.0 Å².